The van der Waals surface area contributed by atoms with Crippen LogP contribution in [-0.2, 0) is 4.12 Å². The Bertz CT molecular complexity index is 2320. The average molecular weight is 801 g/mol. The number of hydrogen-bond acceptors (Lipinski definition) is 1. The zero-order valence-corrected chi connectivity index (χ0v) is 37.2. The molecule has 1 nitrogen and oxygen atoms in total. The van der Waals surface area contributed by atoms with Crippen molar-refractivity contribution in [2.24, 2.45) is 0 Å². The van der Waals surface area contributed by atoms with Gasteiger partial charge < -0.3 is 4.12 Å². The third-order valence-electron chi connectivity index (χ3n) is 11.1. The van der Waals surface area contributed by atoms with Gasteiger partial charge in [0.2, 0.25) is 15.7 Å². The predicted octanol–water partition coefficient (Wildman–Crippen LogP) is 6.53. The van der Waals surface area contributed by atoms with Gasteiger partial charge in [0.1, 0.15) is 0 Å². The van der Waals surface area contributed by atoms with Gasteiger partial charge in [-0.05, 0) is 48.4 Å². The highest BCUT2D eigenvalue weighted by Gasteiger charge is 2.60. The Morgan fingerprint density at radius 2 is 0.491 bits per heavy atom. The van der Waals surface area contributed by atoms with Crippen LogP contribution in [0.4, 0.5) is 0 Å². The average Bonchev–Trinajstić information content (AvgIpc) is 3.26. The summed E-state index contributed by atoms with van der Waals surface area (Å²) in [6.45, 7) is 8.78. The Morgan fingerprint density at radius 1 is 0.263 bits per heavy atom. The van der Waals surface area contributed by atoms with Gasteiger partial charge in [-0.2, -0.15) is 0 Å². The zero-order valence-electron chi connectivity index (χ0n) is 33.2. The highest BCUT2D eigenvalue weighted by Crippen LogP contribution is 2.24. The molecule has 0 bridgehead atoms. The molecule has 2 unspecified atom stereocenters. The number of rotatable bonds is 12. The van der Waals surface area contributed by atoms with E-state index in [2.05, 4.69) is 246 Å². The van der Waals surface area contributed by atoms with E-state index >= 15 is 0 Å². The van der Waals surface area contributed by atoms with Gasteiger partial charge in [-0.15, -0.1) is 0 Å². The molecule has 0 amide bonds. The fourth-order valence-corrected chi connectivity index (χ4v) is 39.4. The van der Waals surface area contributed by atoms with Crippen molar-refractivity contribution in [1.29, 1.82) is 0 Å². The van der Waals surface area contributed by atoms with Crippen molar-refractivity contribution in [2.75, 3.05) is 0 Å². The van der Waals surface area contributed by atoms with Crippen LogP contribution in [0.2, 0.25) is 0 Å². The van der Waals surface area contributed by atoms with Crippen molar-refractivity contribution < 1.29 is 4.12 Å². The standard InChI is InChI=1S/C52H48OSi4/c1-41-25-33-47(34-26-41)54(45-17-9-5-10-18-45)56(49-21-13-7-14-22-49,51-37-29-43(3)30-38-51)53-57(50-23-15-8-16-24-50,52-39-31-44(4)32-40-52)55(46-19-11-6-12-20-46)48-35-27-42(2)28-36-48/h5-40H,1-4H3. The molecule has 0 saturated heterocycles. The molecule has 5 heteroatoms. The first-order valence-electron chi connectivity index (χ1n) is 19.8. The van der Waals surface area contributed by atoms with Crippen LogP contribution >= 0.6 is 0 Å². The van der Waals surface area contributed by atoms with Gasteiger partial charge in [0, 0.05) is 0 Å². The van der Waals surface area contributed by atoms with Gasteiger partial charge in [-0.1, -0.05) is 261 Å². The molecule has 0 N–H and O–H groups in total. The van der Waals surface area contributed by atoms with Gasteiger partial charge in [-0.25, -0.2) is 0 Å². The minimum Gasteiger partial charge on any atom is -0.445 e. The summed E-state index contributed by atoms with van der Waals surface area (Å²) in [6, 6.07) is 83.2. The molecule has 0 aromatic heterocycles. The van der Waals surface area contributed by atoms with Crippen molar-refractivity contribution in [3.8, 4) is 0 Å². The highest BCUT2D eigenvalue weighted by atomic mass is 29.3. The SMILES string of the molecule is Cc1ccc([Si](c2ccccc2)[Si](O[Si](c2ccccc2)(c2ccc(C)cc2)[Si](c2ccccc2)c2ccc(C)cc2)(c2ccccc2)c2ccc(C)cc2)cc1. The van der Waals surface area contributed by atoms with Crippen LogP contribution in [0.1, 0.15) is 22.3 Å². The Hall–Kier alpha value is -5.41. The Balaban J connectivity index is 1.59. The van der Waals surface area contributed by atoms with E-state index in [9.17, 15) is 4.12 Å². The van der Waals surface area contributed by atoms with Gasteiger partial charge in [0.25, 0.3) is 0 Å². The van der Waals surface area contributed by atoms with Gasteiger partial charge in [-0.3, -0.25) is 0 Å². The fourth-order valence-electron chi connectivity index (χ4n) is 8.20. The van der Waals surface area contributed by atoms with Crippen molar-refractivity contribution in [3.05, 3.63) is 241 Å². The van der Waals surface area contributed by atoms with Crippen molar-refractivity contribution in [1.82, 2.24) is 0 Å². The van der Waals surface area contributed by atoms with Crippen LogP contribution in [0.5, 0.6) is 0 Å². The lowest BCUT2D eigenvalue weighted by molar-refractivity contribution is 0.612. The van der Waals surface area contributed by atoms with E-state index < -0.39 is 32.3 Å². The number of benzene rings is 8. The Morgan fingerprint density at radius 3 is 0.789 bits per heavy atom. The summed E-state index contributed by atoms with van der Waals surface area (Å²) < 4.78 is 9.22. The molecule has 0 aliphatic carbocycles. The molecule has 0 aliphatic heterocycles. The van der Waals surface area contributed by atoms with Crippen LogP contribution < -0.4 is 41.5 Å². The molecule has 0 spiro atoms. The van der Waals surface area contributed by atoms with Crippen molar-refractivity contribution in [3.63, 3.8) is 0 Å². The Kier molecular flexibility index (Phi) is 11.5. The molecule has 278 valence electrons. The summed E-state index contributed by atoms with van der Waals surface area (Å²) in [5.74, 6) is 0. The quantitative estimate of drug-likeness (QED) is 0.128. The lowest BCUT2D eigenvalue weighted by atomic mass is 10.2. The molecular weight excluding hydrogens is 753 g/mol. The van der Waals surface area contributed by atoms with Crippen molar-refractivity contribution in [2.45, 2.75) is 27.7 Å². The summed E-state index contributed by atoms with van der Waals surface area (Å²) in [6.07, 6.45) is 0. The molecule has 57 heavy (non-hydrogen) atoms. The molecular formula is C52H48OSi4. The lowest BCUT2D eigenvalue weighted by Gasteiger charge is -2.49. The van der Waals surface area contributed by atoms with Gasteiger partial charge in [0.05, 0.1) is 0 Å². The van der Waals surface area contributed by atoms with Gasteiger partial charge >= 0.3 is 0 Å². The van der Waals surface area contributed by atoms with Crippen LogP contribution in [-0.4, -0.2) is 32.3 Å². The topological polar surface area (TPSA) is 9.23 Å². The summed E-state index contributed by atoms with van der Waals surface area (Å²) in [7, 11) is -10.2. The van der Waals surface area contributed by atoms with E-state index in [-0.39, 0.29) is 0 Å². The van der Waals surface area contributed by atoms with Gasteiger partial charge in [0.15, 0.2) is 16.6 Å². The highest BCUT2D eigenvalue weighted by molar-refractivity contribution is 7.56. The first-order valence-corrected chi connectivity index (χ1v) is 28.7. The lowest BCUT2D eigenvalue weighted by Crippen LogP contribution is -2.88. The van der Waals surface area contributed by atoms with E-state index in [0.717, 1.165) is 0 Å². The van der Waals surface area contributed by atoms with E-state index in [1.54, 1.807) is 0 Å². The van der Waals surface area contributed by atoms with Crippen LogP contribution in [0.25, 0.3) is 0 Å². The first-order chi connectivity index (χ1) is 27.9. The van der Waals surface area contributed by atoms with Crippen LogP contribution in [0, 0.1) is 27.7 Å². The molecule has 8 aromatic carbocycles. The maximum absolute atomic E-state index is 9.22. The maximum Gasteiger partial charge on any atom is 0.238 e. The minimum absolute atomic E-state index is 1.25. The first kappa shape index (κ1) is 38.5. The molecule has 8 rings (SSSR count). The normalized spacial score (nSPS) is 13.6. The third-order valence-corrected chi connectivity index (χ3v) is 36.2. The van der Waals surface area contributed by atoms with E-state index in [1.165, 1.54) is 63.7 Å². The smallest absolute Gasteiger partial charge is 0.238 e. The molecule has 2 atom stereocenters. The molecule has 0 aliphatic rings. The minimum atomic E-state index is -3.36. The molecule has 2 radical (unpaired) electrons. The summed E-state index contributed by atoms with van der Waals surface area (Å²) in [4.78, 5) is 0. The number of aryl methyl sites for hydroxylation is 4. The number of hydrogen-bond donors (Lipinski definition) is 0. The second-order valence-electron chi connectivity index (χ2n) is 15.1. The molecule has 8 aromatic rings. The maximum atomic E-state index is 9.22. The zero-order chi connectivity index (χ0) is 39.2. The second-order valence-corrected chi connectivity index (χ2v) is 32.0. The van der Waals surface area contributed by atoms with Crippen LogP contribution in [0.15, 0.2) is 218 Å². The fraction of sp³-hybridized carbons (Fsp3) is 0.0769. The predicted molar refractivity (Wildman–Crippen MR) is 252 cm³/mol. The Labute approximate surface area is 344 Å². The summed E-state index contributed by atoms with van der Waals surface area (Å²) >= 11 is 0. The monoisotopic (exact) mass is 800 g/mol. The molecule has 0 heterocycles. The molecule has 0 saturated carbocycles. The van der Waals surface area contributed by atoms with E-state index in [0.29, 0.717) is 0 Å². The van der Waals surface area contributed by atoms with E-state index in [1.807, 2.05) is 0 Å². The largest absolute Gasteiger partial charge is 0.445 e. The van der Waals surface area contributed by atoms with Crippen LogP contribution in [0.3, 0.4) is 0 Å². The second kappa shape index (κ2) is 17.0. The third kappa shape index (κ3) is 7.69. The summed E-state index contributed by atoms with van der Waals surface area (Å²) in [5.41, 5.74) is 5.02. The van der Waals surface area contributed by atoms with Crippen molar-refractivity contribution >= 4 is 73.8 Å². The van der Waals surface area contributed by atoms with E-state index in [4.69, 9.17) is 0 Å². The molecule has 0 fully saturated rings. The summed E-state index contributed by atoms with van der Waals surface area (Å²) in [5, 5.41) is 10.7.